The van der Waals surface area contributed by atoms with Crippen LogP contribution < -0.4 is 10.2 Å². The van der Waals surface area contributed by atoms with E-state index in [1.807, 2.05) is 6.92 Å². The highest BCUT2D eigenvalue weighted by Gasteiger charge is 2.27. The number of nitrogens with zero attached hydrogens (tertiary/aromatic N) is 4. The fraction of sp³-hybridized carbons (Fsp3) is 0.750. The van der Waals surface area contributed by atoms with Crippen LogP contribution in [0.25, 0.3) is 0 Å². The topological polar surface area (TPSA) is 44.3 Å². The van der Waals surface area contributed by atoms with Gasteiger partial charge in [-0.05, 0) is 32.9 Å². The molecule has 118 valence electrons. The lowest BCUT2D eigenvalue weighted by atomic mass is 10.2. The molecule has 1 aliphatic heterocycles. The molecule has 2 heterocycles. The van der Waals surface area contributed by atoms with Gasteiger partial charge in [0.2, 0.25) is 5.95 Å². The first-order valence-electron chi connectivity index (χ1n) is 8.26. The zero-order chi connectivity index (χ0) is 15.2. The molecule has 1 atom stereocenters. The van der Waals surface area contributed by atoms with Gasteiger partial charge in [0, 0.05) is 37.4 Å². The van der Waals surface area contributed by atoms with Crippen molar-refractivity contribution in [2.45, 2.75) is 46.6 Å². The maximum Gasteiger partial charge on any atom is 0.224 e. The maximum absolute atomic E-state index is 4.68. The third-order valence-corrected chi connectivity index (χ3v) is 4.19. The van der Waals surface area contributed by atoms with Gasteiger partial charge in [-0.25, -0.2) is 4.98 Å². The predicted octanol–water partition coefficient (Wildman–Crippen LogP) is 2.53. The Morgan fingerprint density at radius 3 is 2.71 bits per heavy atom. The molecular formula is C16H29N5. The molecule has 2 rings (SSSR count). The van der Waals surface area contributed by atoms with E-state index in [-0.39, 0.29) is 0 Å². The molecule has 0 bridgehead atoms. The normalized spacial score (nSPS) is 18.5. The second-order valence-electron chi connectivity index (χ2n) is 5.73. The SMILES string of the molecule is CCCNc1nc(C)cc(N2CCC(N(CC)CC)C2)n1. The number of aromatic nitrogens is 2. The highest BCUT2D eigenvalue weighted by molar-refractivity contribution is 5.46. The number of hydrogen-bond donors (Lipinski definition) is 1. The molecule has 21 heavy (non-hydrogen) atoms. The summed E-state index contributed by atoms with van der Waals surface area (Å²) in [5.41, 5.74) is 1.03. The van der Waals surface area contributed by atoms with Gasteiger partial charge >= 0.3 is 0 Å². The minimum atomic E-state index is 0.655. The molecule has 0 aliphatic carbocycles. The largest absolute Gasteiger partial charge is 0.355 e. The number of nitrogens with one attached hydrogen (secondary N) is 1. The van der Waals surface area contributed by atoms with Crippen LogP contribution in [0.5, 0.6) is 0 Å². The highest BCUT2D eigenvalue weighted by atomic mass is 15.3. The van der Waals surface area contributed by atoms with E-state index in [0.717, 1.165) is 56.6 Å². The van der Waals surface area contributed by atoms with Crippen LogP contribution in [0.4, 0.5) is 11.8 Å². The van der Waals surface area contributed by atoms with Crippen molar-refractivity contribution in [3.05, 3.63) is 11.8 Å². The van der Waals surface area contributed by atoms with Crippen LogP contribution in [0.3, 0.4) is 0 Å². The lowest BCUT2D eigenvalue weighted by molar-refractivity contribution is 0.232. The van der Waals surface area contributed by atoms with Crippen LogP contribution in [0.1, 0.15) is 39.3 Å². The van der Waals surface area contributed by atoms with Gasteiger partial charge in [-0.3, -0.25) is 4.90 Å². The van der Waals surface area contributed by atoms with E-state index in [0.29, 0.717) is 6.04 Å². The van der Waals surface area contributed by atoms with Crippen LogP contribution in [0, 0.1) is 6.92 Å². The van der Waals surface area contributed by atoms with E-state index in [4.69, 9.17) is 0 Å². The molecule has 1 aromatic heterocycles. The Labute approximate surface area is 128 Å². The Morgan fingerprint density at radius 1 is 1.29 bits per heavy atom. The van der Waals surface area contributed by atoms with Crippen molar-refractivity contribution in [3.63, 3.8) is 0 Å². The van der Waals surface area contributed by atoms with E-state index in [2.05, 4.69) is 51.9 Å². The van der Waals surface area contributed by atoms with E-state index in [1.165, 1.54) is 6.42 Å². The molecule has 1 fully saturated rings. The highest BCUT2D eigenvalue weighted by Crippen LogP contribution is 2.22. The molecule has 5 heteroatoms. The quantitative estimate of drug-likeness (QED) is 0.836. The van der Waals surface area contributed by atoms with Crippen molar-refractivity contribution < 1.29 is 0 Å². The second kappa shape index (κ2) is 7.59. The molecule has 0 aromatic carbocycles. The molecule has 0 saturated carbocycles. The van der Waals surface area contributed by atoms with Crippen molar-refractivity contribution in [1.82, 2.24) is 14.9 Å². The number of likely N-dealkylation sites (N-methyl/N-ethyl adjacent to an activating group) is 1. The number of aryl methyl sites for hydroxylation is 1. The van der Waals surface area contributed by atoms with Gasteiger partial charge in [0.25, 0.3) is 0 Å². The van der Waals surface area contributed by atoms with Crippen molar-refractivity contribution in [1.29, 1.82) is 0 Å². The first-order valence-corrected chi connectivity index (χ1v) is 8.26. The van der Waals surface area contributed by atoms with Crippen molar-refractivity contribution in [3.8, 4) is 0 Å². The summed E-state index contributed by atoms with van der Waals surface area (Å²) in [4.78, 5) is 14.1. The Balaban J connectivity index is 2.06. The van der Waals surface area contributed by atoms with Crippen molar-refractivity contribution in [2.75, 3.05) is 42.9 Å². The fourth-order valence-corrected chi connectivity index (χ4v) is 3.02. The van der Waals surface area contributed by atoms with Crippen LogP contribution in [0.2, 0.25) is 0 Å². The van der Waals surface area contributed by atoms with Gasteiger partial charge in [0.15, 0.2) is 0 Å². The first-order chi connectivity index (χ1) is 10.2. The summed E-state index contributed by atoms with van der Waals surface area (Å²) in [5.74, 6) is 1.83. The lowest BCUT2D eigenvalue weighted by Gasteiger charge is -2.26. The third kappa shape index (κ3) is 4.06. The lowest BCUT2D eigenvalue weighted by Crippen LogP contribution is -2.37. The van der Waals surface area contributed by atoms with Crippen molar-refractivity contribution in [2.24, 2.45) is 0 Å². The Hall–Kier alpha value is -1.36. The van der Waals surface area contributed by atoms with Crippen LogP contribution >= 0.6 is 0 Å². The molecule has 0 amide bonds. The monoisotopic (exact) mass is 291 g/mol. The third-order valence-electron chi connectivity index (χ3n) is 4.19. The summed E-state index contributed by atoms with van der Waals surface area (Å²) in [6.45, 7) is 14.0. The second-order valence-corrected chi connectivity index (χ2v) is 5.73. The summed E-state index contributed by atoms with van der Waals surface area (Å²) < 4.78 is 0. The van der Waals surface area contributed by atoms with E-state index >= 15 is 0 Å². The fourth-order valence-electron chi connectivity index (χ4n) is 3.02. The van der Waals surface area contributed by atoms with E-state index < -0.39 is 0 Å². The average molecular weight is 291 g/mol. The van der Waals surface area contributed by atoms with Gasteiger partial charge in [-0.1, -0.05) is 20.8 Å². The zero-order valence-corrected chi connectivity index (χ0v) is 13.9. The molecule has 0 radical (unpaired) electrons. The summed E-state index contributed by atoms with van der Waals surface area (Å²) in [5, 5.41) is 3.30. The van der Waals surface area contributed by atoms with Gasteiger partial charge in [0.05, 0.1) is 0 Å². The average Bonchev–Trinajstić information content (AvgIpc) is 2.96. The van der Waals surface area contributed by atoms with Gasteiger partial charge < -0.3 is 10.2 Å². The molecule has 1 N–H and O–H groups in total. The first kappa shape index (κ1) is 16.0. The van der Waals surface area contributed by atoms with Gasteiger partial charge in [-0.15, -0.1) is 0 Å². The van der Waals surface area contributed by atoms with Crippen LogP contribution in [-0.2, 0) is 0 Å². The summed E-state index contributed by atoms with van der Waals surface area (Å²) >= 11 is 0. The Bertz CT molecular complexity index is 444. The van der Waals surface area contributed by atoms with E-state index in [1.54, 1.807) is 0 Å². The van der Waals surface area contributed by atoms with Crippen molar-refractivity contribution >= 4 is 11.8 Å². The summed E-state index contributed by atoms with van der Waals surface area (Å²) in [6, 6.07) is 2.75. The molecule has 5 nitrogen and oxygen atoms in total. The maximum atomic E-state index is 4.68. The number of hydrogen-bond acceptors (Lipinski definition) is 5. The standard InChI is InChI=1S/C16H29N5/c1-5-9-17-16-18-13(4)11-15(19-16)21-10-8-14(12-21)20(6-2)7-3/h11,14H,5-10,12H2,1-4H3,(H,17,18,19). The smallest absolute Gasteiger partial charge is 0.224 e. The van der Waals surface area contributed by atoms with Crippen LogP contribution in [0.15, 0.2) is 6.07 Å². The molecule has 1 aromatic rings. The molecule has 1 unspecified atom stereocenters. The Kier molecular flexibility index (Phi) is 5.79. The molecule has 0 spiro atoms. The minimum Gasteiger partial charge on any atom is -0.355 e. The zero-order valence-electron chi connectivity index (χ0n) is 13.9. The summed E-state index contributed by atoms with van der Waals surface area (Å²) in [7, 11) is 0. The number of rotatable bonds is 7. The van der Waals surface area contributed by atoms with E-state index in [9.17, 15) is 0 Å². The Morgan fingerprint density at radius 2 is 2.05 bits per heavy atom. The minimum absolute atomic E-state index is 0.655. The predicted molar refractivity (Wildman–Crippen MR) is 89.1 cm³/mol. The van der Waals surface area contributed by atoms with Crippen LogP contribution in [-0.4, -0.2) is 53.6 Å². The van der Waals surface area contributed by atoms with Gasteiger partial charge in [-0.2, -0.15) is 4.98 Å². The van der Waals surface area contributed by atoms with Gasteiger partial charge in [0.1, 0.15) is 5.82 Å². The molecule has 1 aliphatic rings. The summed E-state index contributed by atoms with van der Waals surface area (Å²) in [6.07, 6.45) is 2.31. The molecular weight excluding hydrogens is 262 g/mol. The number of anilines is 2. The molecule has 1 saturated heterocycles.